The molecule has 0 spiro atoms. The lowest BCUT2D eigenvalue weighted by molar-refractivity contribution is -0.00921. The Bertz CT molecular complexity index is 554. The van der Waals surface area contributed by atoms with E-state index in [0.29, 0.717) is 6.42 Å². The topological polar surface area (TPSA) is 80.8 Å². The van der Waals surface area contributed by atoms with E-state index in [9.17, 15) is 16.8 Å². The van der Waals surface area contributed by atoms with Crippen LogP contribution in [0.1, 0.15) is 53.9 Å². The molecule has 8 heteroatoms. The standard InChI is InChI=1S/C15H33NO5S2/c1-8-10-15(4,5)16(23(7,19)20)11-14(12-22(6,17)18)21-13(3)9-2/h13-14H,8-12H2,1-7H3. The third kappa shape index (κ3) is 9.02. The predicted octanol–water partition coefficient (Wildman–Crippen LogP) is 2.05. The van der Waals surface area contributed by atoms with Crippen LogP contribution in [-0.2, 0) is 24.6 Å². The van der Waals surface area contributed by atoms with Crippen LogP contribution >= 0.6 is 0 Å². The molecule has 140 valence electrons. The van der Waals surface area contributed by atoms with Gasteiger partial charge in [-0.2, -0.15) is 4.31 Å². The van der Waals surface area contributed by atoms with Gasteiger partial charge in [0.15, 0.2) is 0 Å². The van der Waals surface area contributed by atoms with Crippen molar-refractivity contribution in [3.05, 3.63) is 0 Å². The van der Waals surface area contributed by atoms with Crippen LogP contribution in [0.15, 0.2) is 0 Å². The van der Waals surface area contributed by atoms with Gasteiger partial charge in [0.05, 0.1) is 24.2 Å². The van der Waals surface area contributed by atoms with E-state index in [-0.39, 0.29) is 18.4 Å². The molecule has 0 aliphatic rings. The highest BCUT2D eigenvalue weighted by molar-refractivity contribution is 7.90. The van der Waals surface area contributed by atoms with Gasteiger partial charge in [0.2, 0.25) is 10.0 Å². The third-order valence-corrected chi connectivity index (χ3v) is 6.22. The molecule has 2 atom stereocenters. The molecule has 0 radical (unpaired) electrons. The fourth-order valence-electron chi connectivity index (χ4n) is 2.65. The van der Waals surface area contributed by atoms with Crippen LogP contribution < -0.4 is 0 Å². The minimum Gasteiger partial charge on any atom is -0.373 e. The Labute approximate surface area is 142 Å². The lowest BCUT2D eigenvalue weighted by Gasteiger charge is -2.39. The molecule has 2 unspecified atom stereocenters. The lowest BCUT2D eigenvalue weighted by Crippen LogP contribution is -2.52. The summed E-state index contributed by atoms with van der Waals surface area (Å²) >= 11 is 0. The zero-order valence-electron chi connectivity index (χ0n) is 15.5. The Hall–Kier alpha value is -0.180. The molecule has 0 aliphatic heterocycles. The molecule has 0 bridgehead atoms. The van der Waals surface area contributed by atoms with Gasteiger partial charge in [-0.25, -0.2) is 16.8 Å². The second-order valence-electron chi connectivity index (χ2n) is 6.93. The zero-order chi connectivity index (χ0) is 18.5. The second-order valence-corrected chi connectivity index (χ2v) is 11.0. The molecule has 0 rings (SSSR count). The highest BCUT2D eigenvalue weighted by Gasteiger charge is 2.36. The Kier molecular flexibility index (Phi) is 8.71. The molecule has 0 aromatic carbocycles. The molecular weight excluding hydrogens is 338 g/mol. The van der Waals surface area contributed by atoms with Crippen molar-refractivity contribution in [3.8, 4) is 0 Å². The summed E-state index contributed by atoms with van der Waals surface area (Å²) in [6, 6.07) is 0. The van der Waals surface area contributed by atoms with Crippen LogP contribution in [0.2, 0.25) is 0 Å². The van der Waals surface area contributed by atoms with Crippen molar-refractivity contribution in [2.75, 3.05) is 24.8 Å². The Morgan fingerprint density at radius 3 is 1.96 bits per heavy atom. The average Bonchev–Trinajstić information content (AvgIpc) is 2.31. The number of nitrogens with zero attached hydrogens (tertiary/aromatic N) is 1. The molecule has 0 N–H and O–H groups in total. The van der Waals surface area contributed by atoms with Gasteiger partial charge in [0.25, 0.3) is 0 Å². The van der Waals surface area contributed by atoms with Gasteiger partial charge in [-0.1, -0.05) is 20.3 Å². The Morgan fingerprint density at radius 1 is 1.09 bits per heavy atom. The number of sulfone groups is 1. The Morgan fingerprint density at radius 2 is 1.61 bits per heavy atom. The predicted molar refractivity (Wildman–Crippen MR) is 94.9 cm³/mol. The van der Waals surface area contributed by atoms with Gasteiger partial charge in [0, 0.05) is 18.3 Å². The number of ether oxygens (including phenoxy) is 1. The van der Waals surface area contributed by atoms with Crippen molar-refractivity contribution in [1.29, 1.82) is 0 Å². The maximum Gasteiger partial charge on any atom is 0.211 e. The summed E-state index contributed by atoms with van der Waals surface area (Å²) in [5, 5.41) is 0. The molecule has 0 aromatic rings. The van der Waals surface area contributed by atoms with E-state index >= 15 is 0 Å². The molecule has 0 heterocycles. The first kappa shape index (κ1) is 22.8. The summed E-state index contributed by atoms with van der Waals surface area (Å²) in [6.45, 7) is 9.56. The smallest absolute Gasteiger partial charge is 0.211 e. The number of sulfonamides is 1. The van der Waals surface area contributed by atoms with Crippen molar-refractivity contribution in [2.24, 2.45) is 0 Å². The van der Waals surface area contributed by atoms with Crippen molar-refractivity contribution < 1.29 is 21.6 Å². The SMILES string of the molecule is CCCC(C)(C)N(CC(CS(C)(=O)=O)OC(C)CC)S(C)(=O)=O. The molecule has 0 aliphatic carbocycles. The zero-order valence-corrected chi connectivity index (χ0v) is 17.1. The molecule has 23 heavy (non-hydrogen) atoms. The molecule has 0 amide bonds. The molecule has 0 saturated heterocycles. The summed E-state index contributed by atoms with van der Waals surface area (Å²) in [5.41, 5.74) is -0.586. The third-order valence-electron chi connectivity index (χ3n) is 3.80. The number of hydrogen-bond acceptors (Lipinski definition) is 5. The van der Waals surface area contributed by atoms with Gasteiger partial charge in [-0.3, -0.25) is 0 Å². The van der Waals surface area contributed by atoms with E-state index < -0.39 is 31.5 Å². The molecule has 0 fully saturated rings. The largest absolute Gasteiger partial charge is 0.373 e. The first-order chi connectivity index (χ1) is 10.2. The fraction of sp³-hybridized carbons (Fsp3) is 1.00. The van der Waals surface area contributed by atoms with E-state index in [2.05, 4.69) is 0 Å². The van der Waals surface area contributed by atoms with Crippen LogP contribution in [0, 0.1) is 0 Å². The van der Waals surface area contributed by atoms with E-state index in [1.807, 2.05) is 34.6 Å². The van der Waals surface area contributed by atoms with Crippen molar-refractivity contribution in [3.63, 3.8) is 0 Å². The molecule has 0 aromatic heterocycles. The average molecular weight is 372 g/mol. The summed E-state index contributed by atoms with van der Waals surface area (Å²) in [4.78, 5) is 0. The van der Waals surface area contributed by atoms with E-state index in [4.69, 9.17) is 4.74 Å². The minimum absolute atomic E-state index is 0.0449. The Balaban J connectivity index is 5.51. The number of rotatable bonds is 11. The molecular formula is C15H33NO5S2. The summed E-state index contributed by atoms with van der Waals surface area (Å²) in [6.07, 6.45) is 3.75. The van der Waals surface area contributed by atoms with Gasteiger partial charge in [-0.15, -0.1) is 0 Å². The summed E-state index contributed by atoms with van der Waals surface area (Å²) in [5.74, 6) is -0.189. The maximum absolute atomic E-state index is 12.2. The molecule has 0 saturated carbocycles. The maximum atomic E-state index is 12.2. The van der Waals surface area contributed by atoms with Crippen LogP contribution in [-0.4, -0.2) is 63.7 Å². The van der Waals surface area contributed by atoms with Crippen molar-refractivity contribution in [2.45, 2.75) is 71.6 Å². The van der Waals surface area contributed by atoms with Gasteiger partial charge < -0.3 is 4.74 Å². The van der Waals surface area contributed by atoms with E-state index in [1.54, 1.807) is 0 Å². The van der Waals surface area contributed by atoms with E-state index in [1.165, 1.54) is 4.31 Å². The van der Waals surface area contributed by atoms with Crippen molar-refractivity contribution >= 4 is 19.9 Å². The fourth-order valence-corrected chi connectivity index (χ4v) is 4.94. The van der Waals surface area contributed by atoms with E-state index in [0.717, 1.165) is 25.4 Å². The lowest BCUT2D eigenvalue weighted by atomic mass is 9.98. The van der Waals surface area contributed by atoms with Gasteiger partial charge >= 0.3 is 0 Å². The first-order valence-electron chi connectivity index (χ1n) is 8.04. The van der Waals surface area contributed by atoms with Crippen LogP contribution in [0.3, 0.4) is 0 Å². The highest BCUT2D eigenvalue weighted by Crippen LogP contribution is 2.25. The van der Waals surface area contributed by atoms with Crippen LogP contribution in [0.5, 0.6) is 0 Å². The first-order valence-corrected chi connectivity index (χ1v) is 11.9. The quantitative estimate of drug-likeness (QED) is 0.555. The van der Waals surface area contributed by atoms with Crippen LogP contribution in [0.4, 0.5) is 0 Å². The summed E-state index contributed by atoms with van der Waals surface area (Å²) < 4.78 is 55.0. The number of hydrogen-bond donors (Lipinski definition) is 0. The summed E-state index contributed by atoms with van der Waals surface area (Å²) in [7, 11) is -6.75. The second kappa shape index (κ2) is 8.78. The van der Waals surface area contributed by atoms with Gasteiger partial charge in [0.1, 0.15) is 9.84 Å². The monoisotopic (exact) mass is 371 g/mol. The highest BCUT2D eigenvalue weighted by atomic mass is 32.2. The minimum atomic E-state index is -3.48. The molecule has 6 nitrogen and oxygen atoms in total. The normalized spacial score (nSPS) is 16.5. The van der Waals surface area contributed by atoms with Crippen LogP contribution in [0.25, 0.3) is 0 Å². The van der Waals surface area contributed by atoms with Crippen molar-refractivity contribution in [1.82, 2.24) is 4.31 Å². The van der Waals surface area contributed by atoms with Gasteiger partial charge in [-0.05, 0) is 33.6 Å².